The number of hydrogen-bond acceptors (Lipinski definition) is 3. The maximum absolute atomic E-state index is 12.6. The highest BCUT2D eigenvalue weighted by molar-refractivity contribution is 7.99. The molecule has 0 saturated heterocycles. The van der Waals surface area contributed by atoms with Gasteiger partial charge < -0.3 is 0 Å². The SMILES string of the molecule is CSc1ccccc1NS(=O)(=O)c1ccc2ccccc2c1. The number of rotatable bonds is 4. The maximum atomic E-state index is 12.6. The van der Waals surface area contributed by atoms with Crippen molar-refractivity contribution in [2.75, 3.05) is 11.0 Å². The van der Waals surface area contributed by atoms with E-state index in [0.717, 1.165) is 15.7 Å². The van der Waals surface area contributed by atoms with Crippen molar-refractivity contribution < 1.29 is 8.42 Å². The highest BCUT2D eigenvalue weighted by Gasteiger charge is 2.16. The van der Waals surface area contributed by atoms with Gasteiger partial charge in [-0.05, 0) is 41.3 Å². The highest BCUT2D eigenvalue weighted by atomic mass is 32.2. The van der Waals surface area contributed by atoms with Gasteiger partial charge in [-0.25, -0.2) is 8.42 Å². The van der Waals surface area contributed by atoms with Gasteiger partial charge in [-0.2, -0.15) is 0 Å². The van der Waals surface area contributed by atoms with Crippen molar-refractivity contribution in [1.29, 1.82) is 0 Å². The Labute approximate surface area is 134 Å². The molecule has 0 aliphatic heterocycles. The summed E-state index contributed by atoms with van der Waals surface area (Å²) < 4.78 is 27.9. The molecule has 3 aromatic rings. The highest BCUT2D eigenvalue weighted by Crippen LogP contribution is 2.27. The molecule has 0 saturated carbocycles. The first-order valence-corrected chi connectivity index (χ1v) is 9.45. The fourth-order valence-corrected chi connectivity index (χ4v) is 4.00. The zero-order chi connectivity index (χ0) is 15.6. The van der Waals surface area contributed by atoms with E-state index in [9.17, 15) is 8.42 Å². The van der Waals surface area contributed by atoms with E-state index in [1.807, 2.05) is 54.8 Å². The van der Waals surface area contributed by atoms with E-state index in [4.69, 9.17) is 0 Å². The summed E-state index contributed by atoms with van der Waals surface area (Å²) in [5.41, 5.74) is 0.600. The first-order valence-electron chi connectivity index (χ1n) is 6.75. The standard InChI is InChI=1S/C17H15NO2S2/c1-21-17-9-5-4-8-16(17)18-22(19,20)15-11-10-13-6-2-3-7-14(13)12-15/h2-12,18H,1H3. The molecule has 0 aromatic heterocycles. The van der Waals surface area contributed by atoms with Gasteiger partial charge in [0, 0.05) is 4.90 Å². The number of thioether (sulfide) groups is 1. The van der Waals surface area contributed by atoms with Gasteiger partial charge in [0.05, 0.1) is 10.6 Å². The van der Waals surface area contributed by atoms with Crippen LogP contribution in [-0.2, 0) is 10.0 Å². The molecule has 1 N–H and O–H groups in total. The van der Waals surface area contributed by atoms with E-state index in [0.29, 0.717) is 5.69 Å². The lowest BCUT2D eigenvalue weighted by Gasteiger charge is -2.11. The predicted octanol–water partition coefficient (Wildman–Crippen LogP) is 4.36. The van der Waals surface area contributed by atoms with Crippen LogP contribution < -0.4 is 4.72 Å². The zero-order valence-corrected chi connectivity index (χ0v) is 13.6. The van der Waals surface area contributed by atoms with Gasteiger partial charge in [-0.1, -0.05) is 42.5 Å². The van der Waals surface area contributed by atoms with Crippen molar-refractivity contribution in [1.82, 2.24) is 0 Å². The third-order valence-electron chi connectivity index (χ3n) is 3.38. The molecule has 22 heavy (non-hydrogen) atoms. The molecule has 0 amide bonds. The second-order valence-electron chi connectivity index (χ2n) is 4.81. The molecule has 0 bridgehead atoms. The van der Waals surface area contributed by atoms with Gasteiger partial charge >= 0.3 is 0 Å². The van der Waals surface area contributed by atoms with E-state index in [2.05, 4.69) is 4.72 Å². The number of benzene rings is 3. The molecule has 0 aliphatic carbocycles. The summed E-state index contributed by atoms with van der Waals surface area (Å²) in [7, 11) is -3.60. The van der Waals surface area contributed by atoms with Crippen molar-refractivity contribution in [3.63, 3.8) is 0 Å². The third-order valence-corrected chi connectivity index (χ3v) is 5.54. The van der Waals surface area contributed by atoms with Gasteiger partial charge in [0.2, 0.25) is 0 Å². The molecule has 3 nitrogen and oxygen atoms in total. The summed E-state index contributed by atoms with van der Waals surface area (Å²) in [5, 5.41) is 1.93. The van der Waals surface area contributed by atoms with Crippen LogP contribution in [-0.4, -0.2) is 14.7 Å². The van der Waals surface area contributed by atoms with Crippen LogP contribution in [0.4, 0.5) is 5.69 Å². The molecule has 0 radical (unpaired) electrons. The molecular weight excluding hydrogens is 314 g/mol. The molecule has 5 heteroatoms. The molecule has 0 aliphatic rings. The summed E-state index contributed by atoms with van der Waals surface area (Å²) in [4.78, 5) is 1.16. The van der Waals surface area contributed by atoms with Crippen LogP contribution in [0.25, 0.3) is 10.8 Å². The van der Waals surface area contributed by atoms with Crippen LogP contribution in [0.3, 0.4) is 0 Å². The van der Waals surface area contributed by atoms with Gasteiger partial charge in [-0.15, -0.1) is 11.8 Å². The quantitative estimate of drug-likeness (QED) is 0.723. The predicted molar refractivity (Wildman–Crippen MR) is 93.0 cm³/mol. The van der Waals surface area contributed by atoms with Crippen molar-refractivity contribution in [3.8, 4) is 0 Å². The summed E-state index contributed by atoms with van der Waals surface area (Å²) in [6, 6.07) is 20.2. The van der Waals surface area contributed by atoms with Crippen LogP contribution >= 0.6 is 11.8 Å². The first-order chi connectivity index (χ1) is 10.6. The molecule has 0 unspecified atom stereocenters. The molecule has 3 rings (SSSR count). The van der Waals surface area contributed by atoms with Crippen molar-refractivity contribution in [3.05, 3.63) is 66.7 Å². The fourth-order valence-electron chi connectivity index (χ4n) is 2.27. The number of hydrogen-bond donors (Lipinski definition) is 1. The Hall–Kier alpha value is -1.98. The van der Waals surface area contributed by atoms with Gasteiger partial charge in [0.1, 0.15) is 0 Å². The van der Waals surface area contributed by atoms with Crippen LogP contribution in [0.1, 0.15) is 0 Å². The second-order valence-corrected chi connectivity index (χ2v) is 7.35. The number of anilines is 1. The molecule has 0 spiro atoms. The van der Waals surface area contributed by atoms with E-state index in [1.165, 1.54) is 11.8 Å². The number of nitrogens with one attached hydrogen (secondary N) is 1. The Bertz CT molecular complexity index is 921. The molecule has 0 heterocycles. The van der Waals surface area contributed by atoms with E-state index >= 15 is 0 Å². The number of sulfonamides is 1. The van der Waals surface area contributed by atoms with Crippen LogP contribution in [0.15, 0.2) is 76.5 Å². The Morgan fingerprint density at radius 3 is 2.32 bits per heavy atom. The van der Waals surface area contributed by atoms with E-state index in [1.54, 1.807) is 18.2 Å². The monoisotopic (exact) mass is 329 g/mol. The normalized spacial score (nSPS) is 11.5. The number of fused-ring (bicyclic) bond motifs is 1. The minimum Gasteiger partial charge on any atom is -0.278 e. The second kappa shape index (κ2) is 6.02. The fraction of sp³-hybridized carbons (Fsp3) is 0.0588. The van der Waals surface area contributed by atoms with Crippen molar-refractivity contribution >= 4 is 38.2 Å². The topological polar surface area (TPSA) is 46.2 Å². The van der Waals surface area contributed by atoms with Gasteiger partial charge in [0.15, 0.2) is 0 Å². The zero-order valence-electron chi connectivity index (χ0n) is 12.0. The smallest absolute Gasteiger partial charge is 0.261 e. The van der Waals surface area contributed by atoms with Crippen LogP contribution in [0, 0.1) is 0 Å². The van der Waals surface area contributed by atoms with Gasteiger partial charge in [-0.3, -0.25) is 4.72 Å². The third kappa shape index (κ3) is 2.96. The first kappa shape index (κ1) is 14.9. The Morgan fingerprint density at radius 2 is 1.55 bits per heavy atom. The maximum Gasteiger partial charge on any atom is 0.261 e. The lowest BCUT2D eigenvalue weighted by Crippen LogP contribution is -2.13. The van der Waals surface area contributed by atoms with Crippen molar-refractivity contribution in [2.45, 2.75) is 9.79 Å². The Balaban J connectivity index is 2.01. The molecular formula is C17H15NO2S2. The van der Waals surface area contributed by atoms with Gasteiger partial charge in [0.25, 0.3) is 10.0 Å². The van der Waals surface area contributed by atoms with E-state index < -0.39 is 10.0 Å². The summed E-state index contributed by atoms with van der Waals surface area (Å²) in [6.45, 7) is 0. The number of para-hydroxylation sites is 1. The molecule has 0 atom stereocenters. The molecule has 0 fully saturated rings. The summed E-state index contributed by atoms with van der Waals surface area (Å²) in [5.74, 6) is 0. The summed E-state index contributed by atoms with van der Waals surface area (Å²) >= 11 is 1.51. The molecule has 3 aromatic carbocycles. The Kier molecular flexibility index (Phi) is 4.09. The summed E-state index contributed by atoms with van der Waals surface area (Å²) in [6.07, 6.45) is 1.92. The largest absolute Gasteiger partial charge is 0.278 e. The Morgan fingerprint density at radius 1 is 0.864 bits per heavy atom. The van der Waals surface area contributed by atoms with Crippen molar-refractivity contribution in [2.24, 2.45) is 0 Å². The minimum absolute atomic E-state index is 0.266. The van der Waals surface area contributed by atoms with Crippen LogP contribution in [0.5, 0.6) is 0 Å². The lowest BCUT2D eigenvalue weighted by atomic mass is 10.1. The lowest BCUT2D eigenvalue weighted by molar-refractivity contribution is 0.601. The average molecular weight is 329 g/mol. The average Bonchev–Trinajstić information content (AvgIpc) is 2.54. The minimum atomic E-state index is -3.60. The van der Waals surface area contributed by atoms with Crippen LogP contribution in [0.2, 0.25) is 0 Å². The molecule has 112 valence electrons. The van der Waals surface area contributed by atoms with E-state index in [-0.39, 0.29) is 4.90 Å².